The lowest BCUT2D eigenvalue weighted by Gasteiger charge is -2.11. The average molecular weight is 437 g/mol. The first kappa shape index (κ1) is 19.2. The molecule has 0 spiro atoms. The maximum absolute atomic E-state index is 13.6. The van der Waals surface area contributed by atoms with Crippen molar-refractivity contribution in [3.63, 3.8) is 0 Å². The van der Waals surface area contributed by atoms with Crippen molar-refractivity contribution in [3.8, 4) is 0 Å². The van der Waals surface area contributed by atoms with E-state index in [9.17, 15) is 19.3 Å². The summed E-state index contributed by atoms with van der Waals surface area (Å²) >= 11 is 1.42. The number of anilines is 3. The Morgan fingerprint density at radius 1 is 1.26 bits per heavy atom. The molecule has 1 aliphatic heterocycles. The first-order valence-electron chi connectivity index (χ1n) is 9.52. The Balaban J connectivity index is 1.61. The summed E-state index contributed by atoms with van der Waals surface area (Å²) in [7, 11) is 0. The van der Waals surface area contributed by atoms with Crippen molar-refractivity contribution in [1.82, 2.24) is 10.3 Å². The van der Waals surface area contributed by atoms with Gasteiger partial charge in [-0.2, -0.15) is 0 Å². The SMILES string of the molecule is C[C@@H]1CNc2c(sc3ccc4nc(Nc5cc(F)ccc5[N+](=O)[O-])ccc4c23)C(=O)N1. The van der Waals surface area contributed by atoms with E-state index in [1.807, 2.05) is 25.1 Å². The number of pyridine rings is 1. The van der Waals surface area contributed by atoms with E-state index in [1.54, 1.807) is 6.07 Å². The van der Waals surface area contributed by atoms with Crippen LogP contribution in [0, 0.1) is 15.9 Å². The van der Waals surface area contributed by atoms with E-state index in [2.05, 4.69) is 20.9 Å². The predicted octanol–water partition coefficient (Wildman–Crippen LogP) is 4.78. The summed E-state index contributed by atoms with van der Waals surface area (Å²) < 4.78 is 14.6. The van der Waals surface area contributed by atoms with Gasteiger partial charge in [-0.1, -0.05) is 0 Å². The highest BCUT2D eigenvalue weighted by Crippen LogP contribution is 2.41. The molecule has 0 saturated heterocycles. The fraction of sp³-hybridized carbons (Fsp3) is 0.143. The maximum Gasteiger partial charge on any atom is 0.292 e. The van der Waals surface area contributed by atoms with Gasteiger partial charge < -0.3 is 16.0 Å². The number of aromatic nitrogens is 1. The molecule has 1 amide bonds. The average Bonchev–Trinajstić information content (AvgIpc) is 3.04. The van der Waals surface area contributed by atoms with Crippen LogP contribution in [0.25, 0.3) is 21.0 Å². The number of thiophene rings is 1. The van der Waals surface area contributed by atoms with E-state index in [0.29, 0.717) is 22.8 Å². The van der Waals surface area contributed by atoms with E-state index in [1.165, 1.54) is 11.3 Å². The molecule has 0 aliphatic carbocycles. The largest absolute Gasteiger partial charge is 0.381 e. The second-order valence-corrected chi connectivity index (χ2v) is 8.36. The number of carbonyl (C=O) groups excluding carboxylic acids is 1. The Labute approximate surface area is 179 Å². The molecule has 156 valence electrons. The molecule has 5 rings (SSSR count). The van der Waals surface area contributed by atoms with E-state index in [4.69, 9.17) is 0 Å². The van der Waals surface area contributed by atoms with Gasteiger partial charge in [-0.05, 0) is 37.3 Å². The van der Waals surface area contributed by atoms with Crippen molar-refractivity contribution < 1.29 is 14.1 Å². The molecule has 4 aromatic rings. The number of nitro groups is 1. The molecule has 0 radical (unpaired) electrons. The third-order valence-corrected chi connectivity index (χ3v) is 6.26. The highest BCUT2D eigenvalue weighted by atomic mass is 32.1. The van der Waals surface area contributed by atoms with Crippen LogP contribution in [-0.2, 0) is 0 Å². The predicted molar refractivity (Wildman–Crippen MR) is 119 cm³/mol. The normalized spacial score (nSPS) is 15.8. The molecule has 3 N–H and O–H groups in total. The Bertz CT molecular complexity index is 1390. The summed E-state index contributed by atoms with van der Waals surface area (Å²) in [6.07, 6.45) is 0. The van der Waals surface area contributed by atoms with Gasteiger partial charge in [0.2, 0.25) is 0 Å². The zero-order valence-electron chi connectivity index (χ0n) is 16.2. The molecule has 10 heteroatoms. The molecule has 0 fully saturated rings. The van der Waals surface area contributed by atoms with Crippen LogP contribution in [0.4, 0.5) is 27.3 Å². The molecule has 3 heterocycles. The highest BCUT2D eigenvalue weighted by molar-refractivity contribution is 7.21. The van der Waals surface area contributed by atoms with Crippen molar-refractivity contribution in [2.45, 2.75) is 13.0 Å². The zero-order chi connectivity index (χ0) is 21.7. The van der Waals surface area contributed by atoms with E-state index >= 15 is 0 Å². The van der Waals surface area contributed by atoms with E-state index < -0.39 is 10.7 Å². The summed E-state index contributed by atoms with van der Waals surface area (Å²) in [5.41, 5.74) is 1.22. The fourth-order valence-corrected chi connectivity index (χ4v) is 4.80. The van der Waals surface area contributed by atoms with Gasteiger partial charge in [0.05, 0.1) is 16.1 Å². The number of carbonyl (C=O) groups is 1. The molecule has 8 nitrogen and oxygen atoms in total. The lowest BCUT2D eigenvalue weighted by molar-refractivity contribution is -0.384. The first-order chi connectivity index (χ1) is 14.9. The second kappa shape index (κ2) is 7.17. The minimum Gasteiger partial charge on any atom is -0.381 e. The maximum atomic E-state index is 13.6. The molecule has 1 aliphatic rings. The second-order valence-electron chi connectivity index (χ2n) is 7.31. The Hall–Kier alpha value is -3.79. The fourth-order valence-electron chi connectivity index (χ4n) is 3.70. The zero-order valence-corrected chi connectivity index (χ0v) is 17.0. The van der Waals surface area contributed by atoms with E-state index in [-0.39, 0.29) is 23.3 Å². The molecular weight excluding hydrogens is 421 g/mol. The van der Waals surface area contributed by atoms with Gasteiger partial charge in [-0.15, -0.1) is 11.3 Å². The van der Waals surface area contributed by atoms with Crippen LogP contribution >= 0.6 is 11.3 Å². The van der Waals surface area contributed by atoms with Crippen molar-refractivity contribution in [2.24, 2.45) is 0 Å². The van der Waals surface area contributed by atoms with Crippen LogP contribution in [-0.4, -0.2) is 28.4 Å². The highest BCUT2D eigenvalue weighted by Gasteiger charge is 2.25. The summed E-state index contributed by atoms with van der Waals surface area (Å²) in [5.74, 6) is -0.345. The number of halogens is 1. The van der Waals surface area contributed by atoms with Crippen LogP contribution < -0.4 is 16.0 Å². The molecule has 0 saturated carbocycles. The lowest BCUT2D eigenvalue weighted by Crippen LogP contribution is -2.34. The van der Waals surface area contributed by atoms with Gasteiger partial charge in [0.15, 0.2) is 0 Å². The molecular formula is C21H16FN5O3S. The number of nitro benzene ring substituents is 1. The van der Waals surface area contributed by atoms with Gasteiger partial charge in [0, 0.05) is 40.2 Å². The molecule has 1 atom stereocenters. The Morgan fingerprint density at radius 3 is 2.90 bits per heavy atom. The molecule has 2 aromatic carbocycles. The summed E-state index contributed by atoms with van der Waals surface area (Å²) in [4.78, 5) is 28.4. The molecule has 0 unspecified atom stereocenters. The van der Waals surface area contributed by atoms with Gasteiger partial charge in [-0.3, -0.25) is 14.9 Å². The van der Waals surface area contributed by atoms with Crippen LogP contribution in [0.15, 0.2) is 42.5 Å². The minimum absolute atomic E-state index is 0.00751. The number of hydrogen-bond donors (Lipinski definition) is 3. The molecule has 0 bridgehead atoms. The van der Waals surface area contributed by atoms with Crippen molar-refractivity contribution in [3.05, 3.63) is 63.3 Å². The summed E-state index contributed by atoms with van der Waals surface area (Å²) in [6, 6.07) is 10.5. The van der Waals surface area contributed by atoms with Gasteiger partial charge in [-0.25, -0.2) is 9.37 Å². The van der Waals surface area contributed by atoms with Crippen molar-refractivity contribution in [2.75, 3.05) is 17.2 Å². The van der Waals surface area contributed by atoms with E-state index in [0.717, 1.165) is 39.4 Å². The van der Waals surface area contributed by atoms with Crippen molar-refractivity contribution >= 4 is 61.1 Å². The number of fused-ring (bicyclic) bond motifs is 5. The van der Waals surface area contributed by atoms with Gasteiger partial charge in [0.25, 0.3) is 11.6 Å². The number of rotatable bonds is 3. The topological polar surface area (TPSA) is 109 Å². The van der Waals surface area contributed by atoms with Crippen molar-refractivity contribution in [1.29, 1.82) is 0 Å². The summed E-state index contributed by atoms with van der Waals surface area (Å²) in [6.45, 7) is 2.55. The van der Waals surface area contributed by atoms with Gasteiger partial charge >= 0.3 is 0 Å². The Morgan fingerprint density at radius 2 is 2.10 bits per heavy atom. The summed E-state index contributed by atoms with van der Waals surface area (Å²) in [5, 5.41) is 22.2. The first-order valence-corrected chi connectivity index (χ1v) is 10.3. The van der Waals surface area contributed by atoms with Crippen LogP contribution in [0.1, 0.15) is 16.6 Å². The molecule has 31 heavy (non-hydrogen) atoms. The van der Waals surface area contributed by atoms with Gasteiger partial charge in [0.1, 0.15) is 22.2 Å². The lowest BCUT2D eigenvalue weighted by atomic mass is 10.1. The molecule has 2 aromatic heterocycles. The van der Waals surface area contributed by atoms with Crippen LogP contribution in [0.5, 0.6) is 0 Å². The van der Waals surface area contributed by atoms with Crippen LogP contribution in [0.3, 0.4) is 0 Å². The quantitative estimate of drug-likeness (QED) is 0.314. The minimum atomic E-state index is -0.588. The van der Waals surface area contributed by atoms with Crippen LogP contribution in [0.2, 0.25) is 0 Å². The number of amides is 1. The standard InChI is InChI=1S/C21H16FN5O3S/c1-10-9-23-19-18-12-3-7-17(26-14-8-11(22)2-5-15(14)27(29)30)25-13(12)4-6-16(18)31-20(19)21(28)24-10/h2-8,10,23H,9H2,1H3,(H,24,28)(H,25,26)/t10-/m1/s1. The Kier molecular flexibility index (Phi) is 4.44. The number of benzene rings is 2. The third-order valence-electron chi connectivity index (χ3n) is 5.11. The third kappa shape index (κ3) is 3.30. The number of nitrogens with one attached hydrogen (secondary N) is 3. The smallest absolute Gasteiger partial charge is 0.292 e. The number of hydrogen-bond acceptors (Lipinski definition) is 7. The number of nitrogens with zero attached hydrogens (tertiary/aromatic N) is 2. The monoisotopic (exact) mass is 437 g/mol.